The zero-order valence-electron chi connectivity index (χ0n) is 18.3. The van der Waals surface area contributed by atoms with Crippen LogP contribution < -0.4 is 4.90 Å². The molecular weight excluding hydrogens is 448 g/mol. The summed E-state index contributed by atoms with van der Waals surface area (Å²) in [6.07, 6.45) is -2.81. The van der Waals surface area contributed by atoms with E-state index in [1.165, 1.54) is 22.7 Å². The molecule has 176 valence electrons. The molecule has 2 aromatic carbocycles. The Balaban J connectivity index is 1.78. The van der Waals surface area contributed by atoms with Gasteiger partial charge in [0.1, 0.15) is 11.6 Å². The van der Waals surface area contributed by atoms with E-state index in [1.54, 1.807) is 31.2 Å². The van der Waals surface area contributed by atoms with Gasteiger partial charge in [-0.05, 0) is 49.6 Å². The first kappa shape index (κ1) is 22.3. The number of alkyl halides is 3. The van der Waals surface area contributed by atoms with E-state index in [2.05, 4.69) is 5.10 Å². The Hall–Kier alpha value is -3.46. The molecule has 1 fully saturated rings. The summed E-state index contributed by atoms with van der Waals surface area (Å²) in [7, 11) is 0. The number of rotatable bonds is 4. The van der Waals surface area contributed by atoms with Gasteiger partial charge in [-0.15, -0.1) is 0 Å². The smallest absolute Gasteiger partial charge is 0.394 e. The Morgan fingerprint density at radius 1 is 1.06 bits per heavy atom. The van der Waals surface area contributed by atoms with Gasteiger partial charge < -0.3 is 10.0 Å². The largest absolute Gasteiger partial charge is 0.416 e. The Morgan fingerprint density at radius 3 is 2.53 bits per heavy atom. The highest BCUT2D eigenvalue weighted by atomic mass is 19.4. The van der Waals surface area contributed by atoms with Crippen molar-refractivity contribution in [3.8, 4) is 22.4 Å². The standard InChI is InChI=1S/C25H22F4N4O/c1-15-23(16-7-9-19(26)10-8-16)24-30-22(32-11-3-6-20(32)14-34)13-21(33(24)31-15)17-4-2-5-18(12-17)25(27,28)29/h2,4-5,7-10,12-13,20,34H,3,6,11,14H2,1H3. The molecule has 0 spiro atoms. The van der Waals surface area contributed by atoms with Crippen LogP contribution in [0.2, 0.25) is 0 Å². The van der Waals surface area contributed by atoms with E-state index < -0.39 is 11.7 Å². The number of hydrogen-bond acceptors (Lipinski definition) is 4. The summed E-state index contributed by atoms with van der Waals surface area (Å²) < 4.78 is 55.4. The topological polar surface area (TPSA) is 53.7 Å². The molecule has 0 saturated carbocycles. The number of aromatic nitrogens is 3. The van der Waals surface area contributed by atoms with Crippen LogP contribution in [0.3, 0.4) is 0 Å². The Kier molecular flexibility index (Phi) is 5.51. The lowest BCUT2D eigenvalue weighted by molar-refractivity contribution is -0.137. The van der Waals surface area contributed by atoms with Crippen LogP contribution in [0.4, 0.5) is 23.4 Å². The summed E-state index contributed by atoms with van der Waals surface area (Å²) in [6, 6.07) is 12.7. The quantitative estimate of drug-likeness (QED) is 0.401. The van der Waals surface area contributed by atoms with Crippen molar-refractivity contribution in [3.63, 3.8) is 0 Å². The van der Waals surface area contributed by atoms with Crippen LogP contribution >= 0.6 is 0 Å². The fourth-order valence-electron chi connectivity index (χ4n) is 4.60. The predicted octanol–water partition coefficient (Wildman–Crippen LogP) is 5.49. The van der Waals surface area contributed by atoms with Gasteiger partial charge in [0.25, 0.3) is 0 Å². The minimum atomic E-state index is -4.48. The maximum absolute atomic E-state index is 13.6. The van der Waals surface area contributed by atoms with Crippen molar-refractivity contribution in [1.82, 2.24) is 14.6 Å². The number of hydrogen-bond donors (Lipinski definition) is 1. The zero-order chi connectivity index (χ0) is 24.0. The molecule has 0 radical (unpaired) electrons. The van der Waals surface area contributed by atoms with Crippen LogP contribution in [0.1, 0.15) is 24.1 Å². The highest BCUT2D eigenvalue weighted by Gasteiger charge is 2.31. The summed E-state index contributed by atoms with van der Waals surface area (Å²) in [5, 5.41) is 14.4. The first-order valence-electron chi connectivity index (χ1n) is 11.0. The molecule has 4 aromatic rings. The minimum absolute atomic E-state index is 0.0468. The van der Waals surface area contributed by atoms with Gasteiger partial charge in [0, 0.05) is 23.7 Å². The number of benzene rings is 2. The Labute approximate surface area is 193 Å². The van der Waals surface area contributed by atoms with Gasteiger partial charge >= 0.3 is 6.18 Å². The van der Waals surface area contributed by atoms with E-state index in [-0.39, 0.29) is 18.5 Å². The molecule has 0 bridgehead atoms. The summed E-state index contributed by atoms with van der Waals surface area (Å²) in [5.74, 6) is 0.179. The second-order valence-electron chi connectivity index (χ2n) is 8.45. The van der Waals surface area contributed by atoms with E-state index in [0.717, 1.165) is 25.0 Å². The molecule has 5 rings (SSSR count). The molecule has 1 aliphatic heterocycles. The maximum atomic E-state index is 13.6. The van der Waals surface area contributed by atoms with Gasteiger partial charge in [-0.25, -0.2) is 13.9 Å². The zero-order valence-corrected chi connectivity index (χ0v) is 18.3. The number of anilines is 1. The molecule has 5 nitrogen and oxygen atoms in total. The van der Waals surface area contributed by atoms with Crippen molar-refractivity contribution >= 4 is 11.5 Å². The van der Waals surface area contributed by atoms with Crippen LogP contribution in [0.15, 0.2) is 54.6 Å². The number of aryl methyl sites for hydroxylation is 1. The van der Waals surface area contributed by atoms with Gasteiger partial charge in [0.2, 0.25) is 0 Å². The van der Waals surface area contributed by atoms with Crippen molar-refractivity contribution in [1.29, 1.82) is 0 Å². The average Bonchev–Trinajstić information content (AvgIpc) is 3.42. The van der Waals surface area contributed by atoms with Gasteiger partial charge in [-0.1, -0.05) is 24.3 Å². The number of aliphatic hydroxyl groups excluding tert-OH is 1. The molecule has 0 amide bonds. The van der Waals surface area contributed by atoms with E-state index in [0.29, 0.717) is 46.1 Å². The summed E-state index contributed by atoms with van der Waals surface area (Å²) in [4.78, 5) is 6.81. The van der Waals surface area contributed by atoms with Gasteiger partial charge in [-0.2, -0.15) is 18.3 Å². The second kappa shape index (κ2) is 8.39. The van der Waals surface area contributed by atoms with Gasteiger partial charge in [0.05, 0.1) is 29.6 Å². The molecule has 1 N–H and O–H groups in total. The van der Waals surface area contributed by atoms with E-state index in [9.17, 15) is 22.7 Å². The summed E-state index contributed by atoms with van der Waals surface area (Å²) in [5.41, 5.74) is 2.49. The highest BCUT2D eigenvalue weighted by molar-refractivity contribution is 5.83. The maximum Gasteiger partial charge on any atom is 0.416 e. The van der Waals surface area contributed by atoms with Crippen LogP contribution in [0, 0.1) is 12.7 Å². The molecule has 3 heterocycles. The van der Waals surface area contributed by atoms with Crippen molar-refractivity contribution in [3.05, 3.63) is 71.7 Å². The third-order valence-electron chi connectivity index (χ3n) is 6.25. The molecule has 1 saturated heterocycles. The first-order valence-corrected chi connectivity index (χ1v) is 11.0. The van der Waals surface area contributed by atoms with E-state index >= 15 is 0 Å². The molecule has 1 atom stereocenters. The second-order valence-corrected chi connectivity index (χ2v) is 8.45. The molecule has 2 aromatic heterocycles. The number of halogens is 4. The molecular formula is C25H22F4N4O. The molecule has 0 aliphatic carbocycles. The van der Waals surface area contributed by atoms with E-state index in [1.807, 2.05) is 4.90 Å². The number of fused-ring (bicyclic) bond motifs is 1. The molecule has 9 heteroatoms. The van der Waals surface area contributed by atoms with Crippen LogP contribution in [-0.4, -0.2) is 38.9 Å². The fourth-order valence-corrected chi connectivity index (χ4v) is 4.60. The average molecular weight is 470 g/mol. The highest BCUT2D eigenvalue weighted by Crippen LogP contribution is 2.36. The third kappa shape index (κ3) is 3.90. The molecule has 1 aliphatic rings. The monoisotopic (exact) mass is 470 g/mol. The fraction of sp³-hybridized carbons (Fsp3) is 0.280. The Morgan fingerprint density at radius 2 is 1.82 bits per heavy atom. The minimum Gasteiger partial charge on any atom is -0.394 e. The number of aliphatic hydroxyl groups is 1. The van der Waals surface area contributed by atoms with Crippen molar-refractivity contribution in [2.45, 2.75) is 32.0 Å². The molecule has 34 heavy (non-hydrogen) atoms. The van der Waals surface area contributed by atoms with Crippen LogP contribution in [-0.2, 0) is 6.18 Å². The van der Waals surface area contributed by atoms with Crippen LogP contribution in [0.25, 0.3) is 28.0 Å². The van der Waals surface area contributed by atoms with Crippen molar-refractivity contribution in [2.24, 2.45) is 0 Å². The van der Waals surface area contributed by atoms with Gasteiger partial charge in [-0.3, -0.25) is 0 Å². The normalized spacial score (nSPS) is 16.5. The SMILES string of the molecule is Cc1nn2c(-c3cccc(C(F)(F)F)c3)cc(N3CCCC3CO)nc2c1-c1ccc(F)cc1. The lowest BCUT2D eigenvalue weighted by Crippen LogP contribution is -2.32. The Bertz CT molecular complexity index is 1350. The number of nitrogens with zero attached hydrogens (tertiary/aromatic N) is 4. The summed E-state index contributed by atoms with van der Waals surface area (Å²) >= 11 is 0. The van der Waals surface area contributed by atoms with Crippen molar-refractivity contribution in [2.75, 3.05) is 18.1 Å². The lowest BCUT2D eigenvalue weighted by Gasteiger charge is -2.25. The third-order valence-corrected chi connectivity index (χ3v) is 6.25. The van der Waals surface area contributed by atoms with Gasteiger partial charge in [0.15, 0.2) is 5.65 Å². The summed E-state index contributed by atoms with van der Waals surface area (Å²) in [6.45, 7) is 2.42. The predicted molar refractivity (Wildman–Crippen MR) is 121 cm³/mol. The van der Waals surface area contributed by atoms with Crippen molar-refractivity contribution < 1.29 is 22.7 Å². The van der Waals surface area contributed by atoms with E-state index in [4.69, 9.17) is 4.98 Å². The lowest BCUT2D eigenvalue weighted by atomic mass is 10.1. The molecule has 1 unspecified atom stereocenters. The first-order chi connectivity index (χ1) is 16.3. The van der Waals surface area contributed by atoms with Crippen LogP contribution in [0.5, 0.6) is 0 Å².